The molecule has 0 unspecified atom stereocenters. The predicted molar refractivity (Wildman–Crippen MR) is 67.0 cm³/mol. The summed E-state index contributed by atoms with van der Waals surface area (Å²) < 4.78 is 0. The lowest BCUT2D eigenvalue weighted by molar-refractivity contribution is -0.121. The predicted octanol–water partition coefficient (Wildman–Crippen LogP) is 1.68. The first-order valence-electron chi connectivity index (χ1n) is 5.41. The van der Waals surface area contributed by atoms with E-state index in [2.05, 4.69) is 5.43 Å². The Kier molecular flexibility index (Phi) is 3.43. The highest BCUT2D eigenvalue weighted by molar-refractivity contribution is 5.90. The Labute approximate surface area is 103 Å². The Hall–Kier alpha value is -2.56. The number of fused-ring (bicyclic) bond motifs is 1. The molecule has 0 saturated heterocycles. The summed E-state index contributed by atoms with van der Waals surface area (Å²) in [5, 5.41) is 10.4. The third-order valence-electron chi connectivity index (χ3n) is 2.54. The molecule has 0 fully saturated rings. The standard InChI is InChI=1S/C13H12N2O3/c16-12(14-15-13(17)18)8-10-6-3-5-9-4-1-2-7-11(9)10/h1-7,15H,8H2,(H,14,16)(H,17,18). The first kappa shape index (κ1) is 11.9. The molecule has 0 radical (unpaired) electrons. The topological polar surface area (TPSA) is 78.4 Å². The smallest absolute Gasteiger partial charge is 0.423 e. The summed E-state index contributed by atoms with van der Waals surface area (Å²) in [5.74, 6) is -0.395. The third kappa shape index (κ3) is 2.76. The average molecular weight is 244 g/mol. The monoisotopic (exact) mass is 244 g/mol. The lowest BCUT2D eigenvalue weighted by Crippen LogP contribution is -2.41. The van der Waals surface area contributed by atoms with E-state index < -0.39 is 12.0 Å². The summed E-state index contributed by atoms with van der Waals surface area (Å²) >= 11 is 0. The van der Waals surface area contributed by atoms with Gasteiger partial charge in [-0.05, 0) is 16.3 Å². The molecule has 2 amide bonds. The molecule has 0 saturated carbocycles. The molecule has 18 heavy (non-hydrogen) atoms. The molecule has 5 nitrogen and oxygen atoms in total. The van der Waals surface area contributed by atoms with Crippen molar-refractivity contribution in [3.63, 3.8) is 0 Å². The number of hydrazine groups is 1. The van der Waals surface area contributed by atoms with Gasteiger partial charge in [0, 0.05) is 0 Å². The number of hydrogen-bond donors (Lipinski definition) is 3. The van der Waals surface area contributed by atoms with Crippen molar-refractivity contribution < 1.29 is 14.7 Å². The number of carboxylic acid groups (broad SMARTS) is 1. The first-order chi connectivity index (χ1) is 8.66. The lowest BCUT2D eigenvalue weighted by atomic mass is 10.0. The van der Waals surface area contributed by atoms with Gasteiger partial charge in [-0.3, -0.25) is 10.2 Å². The van der Waals surface area contributed by atoms with Crippen LogP contribution in [-0.2, 0) is 11.2 Å². The number of amides is 2. The van der Waals surface area contributed by atoms with Crippen molar-refractivity contribution in [3.8, 4) is 0 Å². The normalized spacial score (nSPS) is 10.0. The SMILES string of the molecule is O=C(O)NNC(=O)Cc1cccc2ccccc12. The Morgan fingerprint density at radius 3 is 2.50 bits per heavy atom. The molecule has 0 aliphatic carbocycles. The van der Waals surface area contributed by atoms with Crippen LogP contribution >= 0.6 is 0 Å². The van der Waals surface area contributed by atoms with Crippen LogP contribution in [0.15, 0.2) is 42.5 Å². The van der Waals surface area contributed by atoms with Gasteiger partial charge in [-0.2, -0.15) is 0 Å². The van der Waals surface area contributed by atoms with Crippen LogP contribution in [-0.4, -0.2) is 17.1 Å². The maximum atomic E-state index is 11.5. The Balaban J connectivity index is 2.16. The number of nitrogens with one attached hydrogen (secondary N) is 2. The van der Waals surface area contributed by atoms with Crippen molar-refractivity contribution in [2.45, 2.75) is 6.42 Å². The largest absolute Gasteiger partial charge is 0.464 e. The maximum Gasteiger partial charge on any atom is 0.423 e. The number of rotatable bonds is 2. The fraction of sp³-hybridized carbons (Fsp3) is 0.0769. The van der Waals surface area contributed by atoms with Gasteiger partial charge in [-0.15, -0.1) is 0 Å². The molecule has 0 aliphatic rings. The molecule has 2 aromatic rings. The van der Waals surface area contributed by atoms with Crippen molar-refractivity contribution >= 4 is 22.8 Å². The van der Waals surface area contributed by atoms with E-state index in [1.54, 1.807) is 0 Å². The minimum Gasteiger partial charge on any atom is -0.464 e. The van der Waals surface area contributed by atoms with Crippen molar-refractivity contribution in [1.29, 1.82) is 0 Å². The molecule has 2 aromatic carbocycles. The molecule has 0 aromatic heterocycles. The van der Waals surface area contributed by atoms with E-state index in [9.17, 15) is 9.59 Å². The van der Waals surface area contributed by atoms with Crippen LogP contribution in [0.2, 0.25) is 0 Å². The van der Waals surface area contributed by atoms with Crippen LogP contribution in [0.3, 0.4) is 0 Å². The van der Waals surface area contributed by atoms with Crippen LogP contribution in [0, 0.1) is 0 Å². The summed E-state index contributed by atoms with van der Waals surface area (Å²) in [6, 6.07) is 13.4. The lowest BCUT2D eigenvalue weighted by Gasteiger charge is -2.07. The summed E-state index contributed by atoms with van der Waals surface area (Å²) in [7, 11) is 0. The van der Waals surface area contributed by atoms with Crippen molar-refractivity contribution in [2.75, 3.05) is 0 Å². The van der Waals surface area contributed by atoms with Gasteiger partial charge in [-0.1, -0.05) is 42.5 Å². The summed E-state index contributed by atoms with van der Waals surface area (Å²) in [6.45, 7) is 0. The highest BCUT2D eigenvalue weighted by atomic mass is 16.4. The van der Waals surface area contributed by atoms with Gasteiger partial charge in [0.2, 0.25) is 5.91 Å². The number of carbonyl (C=O) groups is 2. The fourth-order valence-electron chi connectivity index (χ4n) is 1.79. The average Bonchev–Trinajstić information content (AvgIpc) is 2.37. The number of hydrogen-bond acceptors (Lipinski definition) is 2. The van der Waals surface area contributed by atoms with Crippen LogP contribution in [0.1, 0.15) is 5.56 Å². The van der Waals surface area contributed by atoms with Gasteiger partial charge in [-0.25, -0.2) is 10.2 Å². The molecule has 92 valence electrons. The van der Waals surface area contributed by atoms with E-state index in [4.69, 9.17) is 5.11 Å². The van der Waals surface area contributed by atoms with Gasteiger partial charge < -0.3 is 5.11 Å². The maximum absolute atomic E-state index is 11.5. The van der Waals surface area contributed by atoms with Crippen molar-refractivity contribution in [2.24, 2.45) is 0 Å². The second-order valence-electron chi connectivity index (χ2n) is 3.79. The van der Waals surface area contributed by atoms with E-state index in [0.29, 0.717) is 0 Å². The molecule has 0 aliphatic heterocycles. The fourth-order valence-corrected chi connectivity index (χ4v) is 1.79. The van der Waals surface area contributed by atoms with Crippen LogP contribution in [0.25, 0.3) is 10.8 Å². The number of benzene rings is 2. The van der Waals surface area contributed by atoms with Gasteiger partial charge in [0.25, 0.3) is 0 Å². The van der Waals surface area contributed by atoms with Gasteiger partial charge in [0.1, 0.15) is 0 Å². The Bertz CT molecular complexity index is 590. The third-order valence-corrected chi connectivity index (χ3v) is 2.54. The van der Waals surface area contributed by atoms with Gasteiger partial charge >= 0.3 is 6.09 Å². The van der Waals surface area contributed by atoms with Gasteiger partial charge in [0.15, 0.2) is 0 Å². The van der Waals surface area contributed by atoms with Crippen molar-refractivity contribution in [1.82, 2.24) is 10.9 Å². The van der Waals surface area contributed by atoms with Crippen LogP contribution in [0.5, 0.6) is 0 Å². The zero-order valence-corrected chi connectivity index (χ0v) is 9.51. The second kappa shape index (κ2) is 5.18. The molecule has 5 heteroatoms. The summed E-state index contributed by atoms with van der Waals surface area (Å²) in [5.41, 5.74) is 4.80. The molecule has 0 heterocycles. The molecular formula is C13H12N2O3. The van der Waals surface area contributed by atoms with Crippen LogP contribution in [0.4, 0.5) is 4.79 Å². The van der Waals surface area contributed by atoms with Crippen LogP contribution < -0.4 is 10.9 Å². The summed E-state index contributed by atoms with van der Waals surface area (Å²) in [4.78, 5) is 21.8. The van der Waals surface area contributed by atoms with E-state index in [0.717, 1.165) is 16.3 Å². The number of carbonyl (C=O) groups excluding carboxylic acids is 1. The van der Waals surface area contributed by atoms with E-state index in [1.165, 1.54) is 0 Å². The Morgan fingerprint density at radius 1 is 1.00 bits per heavy atom. The first-order valence-corrected chi connectivity index (χ1v) is 5.41. The highest BCUT2D eigenvalue weighted by Crippen LogP contribution is 2.18. The molecule has 0 atom stereocenters. The summed E-state index contributed by atoms with van der Waals surface area (Å²) in [6.07, 6.45) is -1.16. The quantitative estimate of drug-likeness (QED) is 0.703. The minimum absolute atomic E-state index is 0.127. The molecule has 0 spiro atoms. The molecule has 3 N–H and O–H groups in total. The van der Waals surface area contributed by atoms with E-state index in [1.807, 2.05) is 47.9 Å². The van der Waals surface area contributed by atoms with E-state index >= 15 is 0 Å². The molecule has 2 rings (SSSR count). The Morgan fingerprint density at radius 2 is 1.72 bits per heavy atom. The highest BCUT2D eigenvalue weighted by Gasteiger charge is 2.07. The zero-order valence-electron chi connectivity index (χ0n) is 9.51. The molecule has 0 bridgehead atoms. The molecular weight excluding hydrogens is 232 g/mol. The van der Waals surface area contributed by atoms with E-state index in [-0.39, 0.29) is 6.42 Å². The minimum atomic E-state index is -1.29. The van der Waals surface area contributed by atoms with Gasteiger partial charge in [0.05, 0.1) is 6.42 Å². The second-order valence-corrected chi connectivity index (χ2v) is 3.79. The van der Waals surface area contributed by atoms with Crippen molar-refractivity contribution in [3.05, 3.63) is 48.0 Å². The zero-order chi connectivity index (χ0) is 13.0.